The molecular formula is C26H25ClN2O4S. The Morgan fingerprint density at radius 3 is 2.24 bits per heavy atom. The summed E-state index contributed by atoms with van der Waals surface area (Å²) < 4.78 is 26.8. The molecule has 176 valence electrons. The Morgan fingerprint density at radius 1 is 0.882 bits per heavy atom. The molecule has 0 unspecified atom stereocenters. The van der Waals surface area contributed by atoms with Crippen molar-refractivity contribution in [2.45, 2.75) is 24.2 Å². The molecule has 1 fully saturated rings. The van der Waals surface area contributed by atoms with E-state index in [1.54, 1.807) is 60.7 Å². The molecule has 4 rings (SSSR count). The van der Waals surface area contributed by atoms with E-state index in [1.165, 1.54) is 10.4 Å². The molecule has 1 heterocycles. The molecular weight excluding hydrogens is 472 g/mol. The predicted molar refractivity (Wildman–Crippen MR) is 132 cm³/mol. The summed E-state index contributed by atoms with van der Waals surface area (Å²) in [6.07, 6.45) is 2.29. The average molecular weight is 497 g/mol. The molecule has 0 spiro atoms. The van der Waals surface area contributed by atoms with Gasteiger partial charge in [0.2, 0.25) is 10.0 Å². The van der Waals surface area contributed by atoms with Crippen molar-refractivity contribution in [2.24, 2.45) is 0 Å². The van der Waals surface area contributed by atoms with Crippen LogP contribution in [0.5, 0.6) is 0 Å². The molecule has 1 N–H and O–H groups in total. The molecule has 0 aliphatic carbocycles. The highest BCUT2D eigenvalue weighted by Gasteiger charge is 2.27. The summed E-state index contributed by atoms with van der Waals surface area (Å²) in [4.78, 5) is 26.1. The van der Waals surface area contributed by atoms with Gasteiger partial charge in [0.15, 0.2) is 5.78 Å². The molecule has 1 aliphatic heterocycles. The maximum absolute atomic E-state index is 12.9. The summed E-state index contributed by atoms with van der Waals surface area (Å²) in [6.45, 7) is 1.45. The molecule has 0 aromatic heterocycles. The number of rotatable bonds is 8. The van der Waals surface area contributed by atoms with Crippen LogP contribution in [0, 0.1) is 0 Å². The van der Waals surface area contributed by atoms with E-state index < -0.39 is 15.9 Å². The summed E-state index contributed by atoms with van der Waals surface area (Å²) in [5.41, 5.74) is 1.88. The highest BCUT2D eigenvalue weighted by molar-refractivity contribution is 7.89. The third-order valence-electron chi connectivity index (χ3n) is 5.83. The first-order chi connectivity index (χ1) is 16.4. The number of halogens is 1. The summed E-state index contributed by atoms with van der Waals surface area (Å²) in [5.74, 6) is -0.646. The van der Waals surface area contributed by atoms with Gasteiger partial charge in [0.25, 0.3) is 5.91 Å². The van der Waals surface area contributed by atoms with Gasteiger partial charge in [-0.3, -0.25) is 9.59 Å². The number of hydrogen-bond donors (Lipinski definition) is 1. The molecule has 0 radical (unpaired) electrons. The third-order valence-corrected chi connectivity index (χ3v) is 7.98. The van der Waals surface area contributed by atoms with Gasteiger partial charge in [0.1, 0.15) is 0 Å². The number of carbonyl (C=O) groups is 2. The topological polar surface area (TPSA) is 83.6 Å². The smallest absolute Gasteiger partial charge is 0.252 e. The molecule has 6 nitrogen and oxygen atoms in total. The number of nitrogens with one attached hydrogen (secondary N) is 1. The van der Waals surface area contributed by atoms with Crippen molar-refractivity contribution in [2.75, 3.05) is 19.6 Å². The van der Waals surface area contributed by atoms with Crippen molar-refractivity contribution in [3.63, 3.8) is 0 Å². The Bertz CT molecular complexity index is 1290. The lowest BCUT2D eigenvalue weighted by Gasteiger charge is -2.15. The molecule has 0 bridgehead atoms. The fraction of sp³-hybridized carbons (Fsp3) is 0.231. The van der Waals surface area contributed by atoms with Crippen LogP contribution >= 0.6 is 11.6 Å². The van der Waals surface area contributed by atoms with Crippen LogP contribution in [0.15, 0.2) is 77.7 Å². The maximum Gasteiger partial charge on any atom is 0.252 e. The molecule has 1 saturated heterocycles. The van der Waals surface area contributed by atoms with Gasteiger partial charge in [-0.15, -0.1) is 0 Å². The number of benzene rings is 3. The summed E-state index contributed by atoms with van der Waals surface area (Å²) in [6, 6.07) is 20.1. The minimum Gasteiger partial charge on any atom is -0.352 e. The van der Waals surface area contributed by atoms with Gasteiger partial charge in [-0.1, -0.05) is 54.1 Å². The van der Waals surface area contributed by atoms with Crippen LogP contribution in [0.25, 0.3) is 0 Å². The van der Waals surface area contributed by atoms with E-state index in [1.807, 2.05) is 6.07 Å². The number of sulfonamides is 1. The zero-order valence-corrected chi connectivity index (χ0v) is 20.1. The lowest BCUT2D eigenvalue weighted by molar-refractivity contribution is 0.0942. The number of amides is 1. The molecule has 34 heavy (non-hydrogen) atoms. The zero-order valence-electron chi connectivity index (χ0n) is 18.5. The molecule has 1 aliphatic rings. The lowest BCUT2D eigenvalue weighted by Crippen LogP contribution is -2.28. The Kier molecular flexibility index (Phi) is 7.46. The molecule has 3 aromatic carbocycles. The highest BCUT2D eigenvalue weighted by atomic mass is 35.5. The zero-order chi connectivity index (χ0) is 24.1. The SMILES string of the molecule is O=C(NCCc1ccc(S(=O)(=O)N2CCCC2)cc1)c1cc(Cl)ccc1C(=O)c1ccccc1. The normalized spacial score (nSPS) is 14.1. The van der Waals surface area contributed by atoms with E-state index >= 15 is 0 Å². The maximum atomic E-state index is 12.9. The van der Waals surface area contributed by atoms with Gasteiger partial charge < -0.3 is 5.32 Å². The van der Waals surface area contributed by atoms with Crippen LogP contribution < -0.4 is 5.32 Å². The van der Waals surface area contributed by atoms with Gasteiger partial charge in [-0.05, 0) is 55.2 Å². The molecule has 3 aromatic rings. The Labute approximate surface area is 204 Å². The van der Waals surface area contributed by atoms with E-state index in [0.29, 0.717) is 36.6 Å². The van der Waals surface area contributed by atoms with Crippen molar-refractivity contribution in [3.05, 3.63) is 100 Å². The first-order valence-electron chi connectivity index (χ1n) is 11.1. The van der Waals surface area contributed by atoms with Gasteiger partial charge >= 0.3 is 0 Å². The minimum absolute atomic E-state index is 0.216. The number of carbonyl (C=O) groups excluding carboxylic acids is 2. The third kappa shape index (κ3) is 5.38. The predicted octanol–water partition coefficient (Wildman–Crippen LogP) is 4.33. The average Bonchev–Trinajstić information content (AvgIpc) is 3.40. The molecule has 0 saturated carbocycles. The van der Waals surface area contributed by atoms with Crippen molar-refractivity contribution in [3.8, 4) is 0 Å². The number of nitrogens with zero attached hydrogens (tertiary/aromatic N) is 1. The number of hydrogen-bond acceptors (Lipinski definition) is 4. The van der Waals surface area contributed by atoms with Crippen LogP contribution in [0.2, 0.25) is 5.02 Å². The van der Waals surface area contributed by atoms with E-state index in [0.717, 1.165) is 18.4 Å². The highest BCUT2D eigenvalue weighted by Crippen LogP contribution is 2.22. The van der Waals surface area contributed by atoms with Gasteiger partial charge in [0, 0.05) is 35.8 Å². The van der Waals surface area contributed by atoms with Crippen molar-refractivity contribution in [1.29, 1.82) is 0 Å². The van der Waals surface area contributed by atoms with Crippen LogP contribution in [-0.4, -0.2) is 44.0 Å². The molecule has 8 heteroatoms. The Hall–Kier alpha value is -3.00. The monoisotopic (exact) mass is 496 g/mol. The van der Waals surface area contributed by atoms with Gasteiger partial charge in [0.05, 0.1) is 10.5 Å². The van der Waals surface area contributed by atoms with Crippen LogP contribution in [-0.2, 0) is 16.4 Å². The second kappa shape index (κ2) is 10.5. The van der Waals surface area contributed by atoms with Crippen LogP contribution in [0.4, 0.5) is 0 Å². The van der Waals surface area contributed by atoms with Gasteiger partial charge in [-0.25, -0.2) is 8.42 Å². The minimum atomic E-state index is -3.45. The number of ketones is 1. The Morgan fingerprint density at radius 2 is 1.56 bits per heavy atom. The molecule has 0 atom stereocenters. The van der Waals surface area contributed by atoms with Crippen LogP contribution in [0.3, 0.4) is 0 Å². The van der Waals surface area contributed by atoms with Gasteiger partial charge in [-0.2, -0.15) is 4.31 Å². The van der Waals surface area contributed by atoms with Crippen LogP contribution in [0.1, 0.15) is 44.7 Å². The van der Waals surface area contributed by atoms with Crippen molar-refractivity contribution in [1.82, 2.24) is 9.62 Å². The first kappa shape index (κ1) is 24.1. The van der Waals surface area contributed by atoms with Crippen molar-refractivity contribution >= 4 is 33.3 Å². The summed E-state index contributed by atoms with van der Waals surface area (Å²) >= 11 is 6.10. The fourth-order valence-electron chi connectivity index (χ4n) is 3.97. The quantitative estimate of drug-likeness (QED) is 0.470. The Balaban J connectivity index is 1.41. The summed E-state index contributed by atoms with van der Waals surface area (Å²) in [5, 5.41) is 3.20. The lowest BCUT2D eigenvalue weighted by atomic mass is 9.98. The van der Waals surface area contributed by atoms with E-state index in [-0.39, 0.29) is 21.8 Å². The van der Waals surface area contributed by atoms with E-state index in [9.17, 15) is 18.0 Å². The summed E-state index contributed by atoms with van der Waals surface area (Å²) in [7, 11) is -3.45. The second-order valence-corrected chi connectivity index (χ2v) is 10.5. The van der Waals surface area contributed by atoms with Crippen molar-refractivity contribution < 1.29 is 18.0 Å². The first-order valence-corrected chi connectivity index (χ1v) is 12.9. The molecule has 1 amide bonds. The second-order valence-electron chi connectivity index (χ2n) is 8.15. The standard InChI is InChI=1S/C26H25ClN2O4S/c27-21-10-13-23(25(30)20-6-2-1-3-7-20)24(18-21)26(31)28-15-14-19-8-11-22(12-9-19)34(32,33)29-16-4-5-17-29/h1-3,6-13,18H,4-5,14-17H2,(H,28,31). The van der Waals surface area contributed by atoms with E-state index in [2.05, 4.69) is 5.32 Å². The fourth-order valence-corrected chi connectivity index (χ4v) is 5.66. The van der Waals surface area contributed by atoms with E-state index in [4.69, 9.17) is 11.6 Å². The largest absolute Gasteiger partial charge is 0.352 e.